The average molecular weight is 302 g/mol. The summed E-state index contributed by atoms with van der Waals surface area (Å²) >= 11 is 0. The number of hydrogen-bond donors (Lipinski definition) is 0. The van der Waals surface area contributed by atoms with Gasteiger partial charge in [0.05, 0.1) is 6.67 Å². The van der Waals surface area contributed by atoms with Gasteiger partial charge in [-0.3, -0.25) is 4.39 Å². The van der Waals surface area contributed by atoms with E-state index < -0.39 is 0 Å². The maximum absolute atomic E-state index is 12.1. The molecule has 122 valence electrons. The zero-order chi connectivity index (χ0) is 15.6. The normalized spacial score (nSPS) is 22.3. The highest BCUT2D eigenvalue weighted by Crippen LogP contribution is 2.36. The highest BCUT2D eigenvalue weighted by molar-refractivity contribution is 5.26. The third kappa shape index (κ3) is 5.59. The summed E-state index contributed by atoms with van der Waals surface area (Å²) in [5.41, 5.74) is 3.01. The van der Waals surface area contributed by atoms with Gasteiger partial charge in [0, 0.05) is 0 Å². The quantitative estimate of drug-likeness (QED) is 0.374. The molecule has 1 aliphatic rings. The summed E-state index contributed by atoms with van der Waals surface area (Å²) in [5.74, 6) is 1.41. The van der Waals surface area contributed by atoms with Crippen LogP contribution in [0.25, 0.3) is 0 Å². The molecule has 0 radical (unpaired) electrons. The molecule has 1 saturated carbocycles. The van der Waals surface area contributed by atoms with Crippen molar-refractivity contribution in [1.29, 1.82) is 0 Å². The summed E-state index contributed by atoms with van der Waals surface area (Å²) in [6.07, 6.45) is 15.1. The summed E-state index contributed by atoms with van der Waals surface area (Å²) in [6.45, 7) is 2.03. The van der Waals surface area contributed by atoms with Gasteiger partial charge < -0.3 is 0 Å². The van der Waals surface area contributed by atoms with Crippen LogP contribution in [0.5, 0.6) is 0 Å². The highest BCUT2D eigenvalue weighted by atomic mass is 19.1. The molecule has 0 atom stereocenters. The standard InChI is InChI=1S/C21H31F/c1-2-3-4-7-18-9-13-20(14-10-18)21-15-11-19(12-16-21)8-5-6-17-22/h5,8-10,13-14,19,21H,2-4,6-7,11-12,15-17H2,1H3. The van der Waals surface area contributed by atoms with E-state index >= 15 is 0 Å². The summed E-state index contributed by atoms with van der Waals surface area (Å²) in [5, 5.41) is 0. The first-order valence-corrected chi connectivity index (χ1v) is 9.15. The van der Waals surface area contributed by atoms with Gasteiger partial charge in [-0.15, -0.1) is 0 Å². The van der Waals surface area contributed by atoms with E-state index in [4.69, 9.17) is 0 Å². The van der Waals surface area contributed by atoms with Crippen molar-refractivity contribution in [2.75, 3.05) is 6.67 Å². The summed E-state index contributed by atoms with van der Waals surface area (Å²) in [7, 11) is 0. The zero-order valence-electron chi connectivity index (χ0n) is 14.1. The van der Waals surface area contributed by atoms with Crippen LogP contribution in [0.1, 0.15) is 75.3 Å². The maximum Gasteiger partial charge on any atom is 0.0928 e. The number of aryl methyl sites for hydroxylation is 1. The molecular formula is C21H31F. The summed E-state index contributed by atoms with van der Waals surface area (Å²) in [4.78, 5) is 0. The topological polar surface area (TPSA) is 0 Å². The van der Waals surface area contributed by atoms with Crippen LogP contribution >= 0.6 is 0 Å². The van der Waals surface area contributed by atoms with E-state index in [-0.39, 0.29) is 6.67 Å². The zero-order valence-corrected chi connectivity index (χ0v) is 14.1. The molecule has 0 amide bonds. The Hall–Kier alpha value is -1.11. The Kier molecular flexibility index (Phi) is 7.70. The van der Waals surface area contributed by atoms with Crippen molar-refractivity contribution in [3.05, 3.63) is 47.5 Å². The largest absolute Gasteiger partial charge is 0.251 e. The van der Waals surface area contributed by atoms with Crippen LogP contribution in [0.2, 0.25) is 0 Å². The Morgan fingerprint density at radius 1 is 1.05 bits per heavy atom. The second kappa shape index (κ2) is 9.82. The third-order valence-electron chi connectivity index (χ3n) is 4.98. The molecule has 0 nitrogen and oxygen atoms in total. The fraction of sp³-hybridized carbons (Fsp3) is 0.619. The molecular weight excluding hydrogens is 271 g/mol. The molecule has 0 spiro atoms. The molecule has 0 bridgehead atoms. The van der Waals surface area contributed by atoms with Crippen LogP contribution in [0.4, 0.5) is 4.39 Å². The second-order valence-electron chi connectivity index (χ2n) is 6.72. The van der Waals surface area contributed by atoms with Crippen molar-refractivity contribution in [2.45, 2.75) is 70.6 Å². The van der Waals surface area contributed by atoms with Gasteiger partial charge in [-0.1, -0.05) is 56.2 Å². The lowest BCUT2D eigenvalue weighted by atomic mass is 9.78. The molecule has 0 aliphatic heterocycles. The molecule has 22 heavy (non-hydrogen) atoms. The lowest BCUT2D eigenvalue weighted by molar-refractivity contribution is 0.375. The molecule has 1 heteroatoms. The smallest absolute Gasteiger partial charge is 0.0928 e. The fourth-order valence-corrected chi connectivity index (χ4v) is 3.53. The first-order chi connectivity index (χ1) is 10.8. The van der Waals surface area contributed by atoms with E-state index in [9.17, 15) is 4.39 Å². The monoisotopic (exact) mass is 302 g/mol. The molecule has 1 aromatic carbocycles. The second-order valence-corrected chi connectivity index (χ2v) is 6.72. The molecule has 0 saturated heterocycles. The van der Waals surface area contributed by atoms with E-state index in [1.165, 1.54) is 62.5 Å². The van der Waals surface area contributed by atoms with Crippen molar-refractivity contribution in [1.82, 2.24) is 0 Å². The Balaban J connectivity index is 1.78. The van der Waals surface area contributed by atoms with Crippen molar-refractivity contribution < 1.29 is 4.39 Å². The Morgan fingerprint density at radius 2 is 1.77 bits per heavy atom. The van der Waals surface area contributed by atoms with E-state index in [0.717, 1.165) is 5.92 Å². The SMILES string of the molecule is CCCCCc1ccc(C2CCC(C=CCCF)CC2)cc1. The molecule has 0 unspecified atom stereocenters. The van der Waals surface area contributed by atoms with Crippen LogP contribution < -0.4 is 0 Å². The van der Waals surface area contributed by atoms with Gasteiger partial charge in [0.1, 0.15) is 0 Å². The Morgan fingerprint density at radius 3 is 2.41 bits per heavy atom. The number of halogens is 1. The predicted molar refractivity (Wildman–Crippen MR) is 94.1 cm³/mol. The molecule has 0 heterocycles. The number of rotatable bonds is 8. The first-order valence-electron chi connectivity index (χ1n) is 9.15. The minimum absolute atomic E-state index is 0.226. The van der Waals surface area contributed by atoms with Crippen molar-refractivity contribution in [3.63, 3.8) is 0 Å². The van der Waals surface area contributed by atoms with Gasteiger partial charge >= 0.3 is 0 Å². The molecule has 1 fully saturated rings. The van der Waals surface area contributed by atoms with Crippen molar-refractivity contribution in [2.24, 2.45) is 5.92 Å². The highest BCUT2D eigenvalue weighted by Gasteiger charge is 2.20. The summed E-state index contributed by atoms with van der Waals surface area (Å²) in [6, 6.07) is 9.37. The van der Waals surface area contributed by atoms with Crippen LogP contribution in [0, 0.1) is 5.92 Å². The minimum atomic E-state index is -0.226. The van der Waals surface area contributed by atoms with E-state index in [1.807, 2.05) is 6.08 Å². The lowest BCUT2D eigenvalue weighted by Gasteiger charge is -2.27. The molecule has 1 aromatic rings. The Bertz CT molecular complexity index is 424. The van der Waals surface area contributed by atoms with Crippen molar-refractivity contribution >= 4 is 0 Å². The predicted octanol–water partition coefficient (Wildman–Crippen LogP) is 6.61. The number of hydrogen-bond acceptors (Lipinski definition) is 0. The average Bonchev–Trinajstić information content (AvgIpc) is 2.57. The fourth-order valence-electron chi connectivity index (χ4n) is 3.53. The van der Waals surface area contributed by atoms with Gasteiger partial charge in [0.2, 0.25) is 0 Å². The van der Waals surface area contributed by atoms with Gasteiger partial charge in [-0.25, -0.2) is 0 Å². The number of benzene rings is 1. The van der Waals surface area contributed by atoms with Gasteiger partial charge in [0.15, 0.2) is 0 Å². The van der Waals surface area contributed by atoms with E-state index in [2.05, 4.69) is 37.3 Å². The van der Waals surface area contributed by atoms with Crippen LogP contribution in [-0.2, 0) is 6.42 Å². The number of unbranched alkanes of at least 4 members (excludes halogenated alkanes) is 2. The summed E-state index contributed by atoms with van der Waals surface area (Å²) < 4.78 is 12.1. The number of alkyl halides is 1. The van der Waals surface area contributed by atoms with Crippen LogP contribution in [-0.4, -0.2) is 6.67 Å². The molecule has 1 aliphatic carbocycles. The van der Waals surface area contributed by atoms with Crippen LogP contribution in [0.15, 0.2) is 36.4 Å². The van der Waals surface area contributed by atoms with Crippen molar-refractivity contribution in [3.8, 4) is 0 Å². The number of allylic oxidation sites excluding steroid dienone is 2. The first kappa shape index (κ1) is 17.2. The molecule has 0 N–H and O–H groups in total. The maximum atomic E-state index is 12.1. The van der Waals surface area contributed by atoms with Gasteiger partial charge in [-0.2, -0.15) is 0 Å². The van der Waals surface area contributed by atoms with E-state index in [0.29, 0.717) is 12.3 Å². The van der Waals surface area contributed by atoms with Crippen LogP contribution in [0.3, 0.4) is 0 Å². The molecule has 0 aromatic heterocycles. The molecule has 2 rings (SSSR count). The van der Waals surface area contributed by atoms with E-state index in [1.54, 1.807) is 0 Å². The lowest BCUT2D eigenvalue weighted by Crippen LogP contribution is -2.11. The van der Waals surface area contributed by atoms with Gasteiger partial charge in [0.25, 0.3) is 0 Å². The van der Waals surface area contributed by atoms with Gasteiger partial charge in [-0.05, 0) is 67.9 Å². The third-order valence-corrected chi connectivity index (χ3v) is 4.98. The minimum Gasteiger partial charge on any atom is -0.251 e. The Labute approximate surface area is 135 Å².